The first kappa shape index (κ1) is 7.60. The van der Waals surface area contributed by atoms with Gasteiger partial charge in [-0.2, -0.15) is 0 Å². The molecular formula is C10H18O. The first-order chi connectivity index (χ1) is 5.22. The van der Waals surface area contributed by atoms with Gasteiger partial charge in [0.05, 0.1) is 5.60 Å². The Morgan fingerprint density at radius 1 is 1.27 bits per heavy atom. The van der Waals surface area contributed by atoms with E-state index < -0.39 is 0 Å². The maximum atomic E-state index is 10.1. The van der Waals surface area contributed by atoms with Gasteiger partial charge >= 0.3 is 0 Å². The zero-order valence-electron chi connectivity index (χ0n) is 7.34. The molecule has 0 heterocycles. The number of aliphatic hydroxyl groups is 1. The van der Waals surface area contributed by atoms with E-state index >= 15 is 0 Å². The van der Waals surface area contributed by atoms with Crippen molar-refractivity contribution in [3.8, 4) is 0 Å². The van der Waals surface area contributed by atoms with Crippen molar-refractivity contribution in [2.75, 3.05) is 0 Å². The van der Waals surface area contributed by atoms with Crippen molar-refractivity contribution in [1.29, 1.82) is 0 Å². The van der Waals surface area contributed by atoms with E-state index in [1.54, 1.807) is 0 Å². The Kier molecular flexibility index (Phi) is 1.71. The average molecular weight is 154 g/mol. The average Bonchev–Trinajstić information content (AvgIpc) is 2.31. The smallest absolute Gasteiger partial charge is 0.0650 e. The molecule has 1 nitrogen and oxygen atoms in total. The second kappa shape index (κ2) is 2.48. The summed E-state index contributed by atoms with van der Waals surface area (Å²) in [5, 5.41) is 10.1. The van der Waals surface area contributed by atoms with Crippen LogP contribution in [0.5, 0.6) is 0 Å². The normalized spacial score (nSPS) is 49.6. The van der Waals surface area contributed by atoms with Gasteiger partial charge in [-0.15, -0.1) is 0 Å². The highest BCUT2D eigenvalue weighted by Gasteiger charge is 2.41. The number of rotatable bonds is 1. The van der Waals surface area contributed by atoms with Crippen molar-refractivity contribution in [2.24, 2.45) is 11.8 Å². The summed E-state index contributed by atoms with van der Waals surface area (Å²) in [5.74, 6) is 1.72. The summed E-state index contributed by atoms with van der Waals surface area (Å²) >= 11 is 0. The van der Waals surface area contributed by atoms with Crippen LogP contribution in [0.4, 0.5) is 0 Å². The minimum atomic E-state index is -0.274. The highest BCUT2D eigenvalue weighted by Crippen LogP contribution is 2.47. The van der Waals surface area contributed by atoms with Crippen LogP contribution in [0.2, 0.25) is 0 Å². The highest BCUT2D eigenvalue weighted by atomic mass is 16.3. The molecule has 0 saturated heterocycles. The van der Waals surface area contributed by atoms with E-state index in [1.807, 2.05) is 0 Å². The van der Waals surface area contributed by atoms with E-state index in [0.29, 0.717) is 0 Å². The molecule has 0 aromatic carbocycles. The van der Waals surface area contributed by atoms with Crippen LogP contribution in [0.3, 0.4) is 0 Å². The lowest BCUT2D eigenvalue weighted by atomic mass is 9.76. The molecular weight excluding hydrogens is 136 g/mol. The second-order valence-corrected chi connectivity index (χ2v) is 4.53. The van der Waals surface area contributed by atoms with Gasteiger partial charge in [0.25, 0.3) is 0 Å². The fourth-order valence-electron chi connectivity index (χ4n) is 3.00. The second-order valence-electron chi connectivity index (χ2n) is 4.53. The van der Waals surface area contributed by atoms with Crippen molar-refractivity contribution in [3.63, 3.8) is 0 Å². The van der Waals surface area contributed by atoms with Gasteiger partial charge in [-0.3, -0.25) is 0 Å². The molecule has 2 fully saturated rings. The molecule has 2 bridgehead atoms. The third-order valence-corrected chi connectivity index (χ3v) is 3.65. The van der Waals surface area contributed by atoms with Crippen molar-refractivity contribution < 1.29 is 5.11 Å². The van der Waals surface area contributed by atoms with Crippen LogP contribution in [-0.2, 0) is 0 Å². The lowest BCUT2D eigenvalue weighted by Crippen LogP contribution is -2.35. The molecule has 0 spiro atoms. The van der Waals surface area contributed by atoms with Crippen LogP contribution in [0.15, 0.2) is 0 Å². The van der Waals surface area contributed by atoms with E-state index in [9.17, 15) is 5.11 Å². The Bertz CT molecular complexity index is 141. The minimum absolute atomic E-state index is 0.274. The summed E-state index contributed by atoms with van der Waals surface area (Å²) < 4.78 is 0. The number of hydrogen-bond donors (Lipinski definition) is 1. The maximum absolute atomic E-state index is 10.1. The topological polar surface area (TPSA) is 20.2 Å². The van der Waals surface area contributed by atoms with Crippen molar-refractivity contribution in [3.05, 3.63) is 0 Å². The molecule has 0 aliphatic heterocycles. The molecule has 3 atom stereocenters. The molecule has 1 heteroatoms. The van der Waals surface area contributed by atoms with Crippen LogP contribution in [0.1, 0.15) is 45.4 Å². The van der Waals surface area contributed by atoms with E-state index in [4.69, 9.17) is 0 Å². The summed E-state index contributed by atoms with van der Waals surface area (Å²) in [4.78, 5) is 0. The molecule has 0 amide bonds. The van der Waals surface area contributed by atoms with Gasteiger partial charge < -0.3 is 5.11 Å². The molecule has 11 heavy (non-hydrogen) atoms. The minimum Gasteiger partial charge on any atom is -0.390 e. The lowest BCUT2D eigenvalue weighted by molar-refractivity contribution is -0.0233. The molecule has 0 aromatic rings. The fourth-order valence-corrected chi connectivity index (χ4v) is 3.00. The third kappa shape index (κ3) is 1.31. The summed E-state index contributed by atoms with van der Waals surface area (Å²) in [6, 6.07) is 0. The number of fused-ring (bicyclic) bond motifs is 2. The van der Waals surface area contributed by atoms with E-state index in [2.05, 4.69) is 6.92 Å². The van der Waals surface area contributed by atoms with Crippen LogP contribution in [-0.4, -0.2) is 10.7 Å². The fraction of sp³-hybridized carbons (Fsp3) is 1.00. The van der Waals surface area contributed by atoms with E-state index in [0.717, 1.165) is 31.1 Å². The molecule has 0 aromatic heterocycles. The Morgan fingerprint density at radius 2 is 1.82 bits per heavy atom. The summed E-state index contributed by atoms with van der Waals surface area (Å²) in [6.07, 6.45) is 7.29. The molecule has 1 unspecified atom stereocenters. The first-order valence-corrected chi connectivity index (χ1v) is 4.94. The Labute approximate surface area is 68.8 Å². The molecule has 2 aliphatic rings. The quantitative estimate of drug-likeness (QED) is 0.614. The van der Waals surface area contributed by atoms with Gasteiger partial charge in [-0.25, -0.2) is 0 Å². The molecule has 64 valence electrons. The summed E-state index contributed by atoms with van der Waals surface area (Å²) in [6.45, 7) is 2.12. The Balaban J connectivity index is 2.07. The van der Waals surface area contributed by atoms with Gasteiger partial charge in [-0.1, -0.05) is 19.8 Å². The Hall–Kier alpha value is -0.0400. The monoisotopic (exact) mass is 154 g/mol. The molecule has 0 radical (unpaired) electrons. The zero-order chi connectivity index (χ0) is 7.90. The van der Waals surface area contributed by atoms with Gasteiger partial charge in [0.2, 0.25) is 0 Å². The largest absolute Gasteiger partial charge is 0.390 e. The standard InChI is InChI=1S/C10H18O/c1-2-10(11)6-8-3-4-9(5-8)7-10/h8-9,11H,2-7H2,1H3/t8-,9+,10?. The van der Waals surface area contributed by atoms with Gasteiger partial charge in [0.15, 0.2) is 0 Å². The van der Waals surface area contributed by atoms with Crippen molar-refractivity contribution >= 4 is 0 Å². The maximum Gasteiger partial charge on any atom is 0.0650 e. The van der Waals surface area contributed by atoms with Crippen LogP contribution < -0.4 is 0 Å². The third-order valence-electron chi connectivity index (χ3n) is 3.65. The molecule has 1 N–H and O–H groups in total. The number of hydrogen-bond acceptors (Lipinski definition) is 1. The Morgan fingerprint density at radius 3 is 2.27 bits per heavy atom. The van der Waals surface area contributed by atoms with Gasteiger partial charge in [-0.05, 0) is 37.5 Å². The SMILES string of the molecule is CCC1(O)C[C@@H]2CC[C@@H](C2)C1. The van der Waals surface area contributed by atoms with E-state index in [-0.39, 0.29) is 5.60 Å². The first-order valence-electron chi connectivity index (χ1n) is 4.94. The van der Waals surface area contributed by atoms with Crippen LogP contribution in [0.25, 0.3) is 0 Å². The molecule has 2 aliphatic carbocycles. The van der Waals surface area contributed by atoms with Crippen LogP contribution >= 0.6 is 0 Å². The van der Waals surface area contributed by atoms with Gasteiger partial charge in [0, 0.05) is 0 Å². The summed E-state index contributed by atoms with van der Waals surface area (Å²) in [7, 11) is 0. The van der Waals surface area contributed by atoms with Gasteiger partial charge in [0.1, 0.15) is 0 Å². The predicted octanol–water partition coefficient (Wildman–Crippen LogP) is 2.34. The predicted molar refractivity (Wildman–Crippen MR) is 45.3 cm³/mol. The molecule has 2 rings (SSSR count). The lowest BCUT2D eigenvalue weighted by Gasteiger charge is -2.35. The van der Waals surface area contributed by atoms with Crippen LogP contribution in [0, 0.1) is 11.8 Å². The van der Waals surface area contributed by atoms with E-state index in [1.165, 1.54) is 19.3 Å². The highest BCUT2D eigenvalue weighted by molar-refractivity contribution is 4.93. The van der Waals surface area contributed by atoms with Crippen molar-refractivity contribution in [2.45, 2.75) is 51.0 Å². The zero-order valence-corrected chi connectivity index (χ0v) is 7.34. The molecule has 2 saturated carbocycles. The van der Waals surface area contributed by atoms with Crippen molar-refractivity contribution in [1.82, 2.24) is 0 Å². The summed E-state index contributed by atoms with van der Waals surface area (Å²) in [5.41, 5.74) is -0.274.